The van der Waals surface area contributed by atoms with Crippen molar-refractivity contribution in [2.24, 2.45) is 0 Å². The predicted molar refractivity (Wildman–Crippen MR) is 532 cm³/mol. The molecule has 0 fully saturated rings. The van der Waals surface area contributed by atoms with Crippen LogP contribution in [0.1, 0.15) is 0 Å². The van der Waals surface area contributed by atoms with Gasteiger partial charge in [0.25, 0.3) is 0 Å². The van der Waals surface area contributed by atoms with Crippen LogP contribution in [0.3, 0.4) is 0 Å². The molecule has 6 nitrogen and oxygen atoms in total. The fraction of sp³-hybridized carbons (Fsp3) is 0. The highest BCUT2D eigenvalue weighted by Gasteiger charge is 2.29. The Hall–Kier alpha value is -16.8. The average molecular weight is 1600 g/mol. The molecule has 0 amide bonds. The summed E-state index contributed by atoms with van der Waals surface area (Å²) in [5, 5.41) is 21.8. The molecule has 0 aliphatic heterocycles. The lowest BCUT2D eigenvalue weighted by Gasteiger charge is -2.15. The molecular weight excluding hydrogens is 1530 g/mol. The van der Waals surface area contributed by atoms with Gasteiger partial charge in [0.05, 0.1) is 66.2 Å². The van der Waals surface area contributed by atoms with Crippen LogP contribution in [-0.2, 0) is 0 Å². The average Bonchev–Trinajstić information content (AvgIpc) is 1.53. The van der Waals surface area contributed by atoms with Gasteiger partial charge in [0.1, 0.15) is 0 Å². The van der Waals surface area contributed by atoms with Gasteiger partial charge in [-0.15, -0.1) is 0 Å². The van der Waals surface area contributed by atoms with E-state index < -0.39 is 0 Å². The Balaban J connectivity index is 0.625. The lowest BCUT2D eigenvalue weighted by molar-refractivity contribution is 1.15. The molecule has 0 atom stereocenters. The van der Waals surface area contributed by atoms with Crippen LogP contribution in [0.2, 0.25) is 0 Å². The van der Waals surface area contributed by atoms with Gasteiger partial charge in [-0.3, -0.25) is 0 Å². The van der Waals surface area contributed by atoms with Crippen molar-refractivity contribution in [3.63, 3.8) is 0 Å². The quantitative estimate of drug-likeness (QED) is 0.124. The van der Waals surface area contributed by atoms with Crippen LogP contribution in [0.4, 0.5) is 0 Å². The molecule has 0 bridgehead atoms. The lowest BCUT2D eigenvalue weighted by atomic mass is 9.92. The standard InChI is InChI=1S/C120H74N6/c1-5-30-75(31-6-1)113-89-43-16-13-36-80(89)70-101-94-48-21-25-54-106(94)124(118(101)113)85-61-59-84(60-62-85)121-107-55-26-22-49-98(107)116-96(50-28-56-110(116)121)97-51-29-57-111-117(97)103-72-82-38-15-18-45-91(82)115(77-34-9-3-10-35-77)120(103)126(111)87-64-67-108-100(73-87)93-47-20-24-53-105(93)123(108)86-42-27-39-78(68-86)79-58-66-109-99(69-79)102-71-81-37-14-17-44-90(81)114(76-32-7-2-8-33-76)119(102)125(109)88-63-65-95-92-46-19-23-52-104(92)122(112(95)74-88)83-40-11-4-12-41-83/h1-74H. The number of aromatic nitrogens is 6. The SMILES string of the molecule is c1ccc(-c2c3ccccc3cc3c4ccccc4n(-c4ccc(-n5c6ccccc6c6c(-c7cccc8c7c7cc9ccccc9c(-c9ccccc9)c7n8-c7ccc8c(c7)c7ccccc7n8-c7cccc(-c8ccc9c(c8)c8cc%10ccccc%10c(-c%10ccccc%10)c8n9-c8ccc9c%10ccccc%10n(-c%10ccccc%10)c9c8)c7)cccc65)cc4)c23)cc1. The van der Waals surface area contributed by atoms with Crippen LogP contribution >= 0.6 is 0 Å². The molecule has 27 aromatic rings. The zero-order chi connectivity index (χ0) is 82.3. The molecule has 0 spiro atoms. The maximum Gasteiger partial charge on any atom is 0.0626 e. The molecule has 6 heterocycles. The molecule has 584 valence electrons. The molecule has 21 aromatic carbocycles. The fourth-order valence-electron chi connectivity index (χ4n) is 21.9. The van der Waals surface area contributed by atoms with Crippen molar-refractivity contribution in [2.75, 3.05) is 0 Å². The van der Waals surface area contributed by atoms with E-state index in [0.29, 0.717) is 0 Å². The summed E-state index contributed by atoms with van der Waals surface area (Å²) in [6, 6.07) is 168. The van der Waals surface area contributed by atoms with Crippen LogP contribution < -0.4 is 0 Å². The van der Waals surface area contributed by atoms with Gasteiger partial charge >= 0.3 is 0 Å². The first-order chi connectivity index (χ1) is 62.6. The van der Waals surface area contributed by atoms with Crippen LogP contribution in [0, 0.1) is 0 Å². The number of rotatable bonds is 11. The molecule has 126 heavy (non-hydrogen) atoms. The molecule has 0 aliphatic rings. The van der Waals surface area contributed by atoms with Gasteiger partial charge in [-0.2, -0.15) is 0 Å². The third kappa shape index (κ3) is 10.3. The van der Waals surface area contributed by atoms with E-state index in [0.717, 1.165) is 89.4 Å². The molecule has 27 rings (SSSR count). The van der Waals surface area contributed by atoms with E-state index in [9.17, 15) is 0 Å². The second kappa shape index (κ2) is 27.4. The van der Waals surface area contributed by atoms with Gasteiger partial charge in [0.2, 0.25) is 0 Å². The van der Waals surface area contributed by atoms with Crippen molar-refractivity contribution >= 4 is 163 Å². The molecule has 0 radical (unpaired) electrons. The Morgan fingerprint density at radius 1 is 0.127 bits per heavy atom. The second-order valence-corrected chi connectivity index (χ2v) is 33.7. The summed E-state index contributed by atoms with van der Waals surface area (Å²) < 4.78 is 15.0. The summed E-state index contributed by atoms with van der Waals surface area (Å²) in [5.41, 5.74) is 32.3. The number of fused-ring (bicyclic) bond motifs is 21. The van der Waals surface area contributed by atoms with Gasteiger partial charge < -0.3 is 27.4 Å². The Morgan fingerprint density at radius 3 is 1.01 bits per heavy atom. The van der Waals surface area contributed by atoms with E-state index in [1.54, 1.807) is 0 Å². The third-order valence-electron chi connectivity index (χ3n) is 27.1. The first kappa shape index (κ1) is 69.9. The summed E-state index contributed by atoms with van der Waals surface area (Å²) in [6.07, 6.45) is 0. The summed E-state index contributed by atoms with van der Waals surface area (Å²) in [6.45, 7) is 0. The molecule has 6 heteroatoms. The normalized spacial score (nSPS) is 12.1. The topological polar surface area (TPSA) is 29.6 Å². The maximum absolute atomic E-state index is 2.59. The van der Waals surface area contributed by atoms with Crippen molar-refractivity contribution in [1.82, 2.24) is 27.4 Å². The number of hydrogen-bond donors (Lipinski definition) is 0. The molecule has 0 saturated heterocycles. The minimum Gasteiger partial charge on any atom is -0.309 e. The third-order valence-corrected chi connectivity index (χ3v) is 27.1. The zero-order valence-corrected chi connectivity index (χ0v) is 68.4. The number of benzene rings is 21. The van der Waals surface area contributed by atoms with Crippen molar-refractivity contribution in [1.29, 1.82) is 0 Å². The van der Waals surface area contributed by atoms with Crippen molar-refractivity contribution < 1.29 is 0 Å². The Bertz CT molecular complexity index is 9250. The van der Waals surface area contributed by atoms with E-state index in [1.807, 2.05) is 0 Å². The minimum atomic E-state index is 1.08. The smallest absolute Gasteiger partial charge is 0.0626 e. The molecule has 6 aromatic heterocycles. The van der Waals surface area contributed by atoms with Gasteiger partial charge in [-0.05, 0) is 217 Å². The molecule has 0 N–H and O–H groups in total. The Morgan fingerprint density at radius 2 is 0.429 bits per heavy atom. The summed E-state index contributed by atoms with van der Waals surface area (Å²) in [4.78, 5) is 0. The van der Waals surface area contributed by atoms with Gasteiger partial charge in [-0.1, -0.05) is 303 Å². The van der Waals surface area contributed by atoms with Crippen molar-refractivity contribution in [2.45, 2.75) is 0 Å². The van der Waals surface area contributed by atoms with Crippen LogP contribution in [0.5, 0.6) is 0 Å². The molecular formula is C120H74N6. The monoisotopic (exact) mass is 1600 g/mol. The number of para-hydroxylation sites is 5. The van der Waals surface area contributed by atoms with Gasteiger partial charge in [-0.25, -0.2) is 0 Å². The number of hydrogen-bond acceptors (Lipinski definition) is 0. The largest absolute Gasteiger partial charge is 0.309 e. The highest BCUT2D eigenvalue weighted by Crippen LogP contribution is 2.52. The molecule has 0 saturated carbocycles. The Kier molecular flexibility index (Phi) is 15.2. The highest BCUT2D eigenvalue weighted by atomic mass is 15.0. The minimum absolute atomic E-state index is 1.08. The van der Waals surface area contributed by atoms with Crippen LogP contribution in [0.15, 0.2) is 449 Å². The van der Waals surface area contributed by atoms with Gasteiger partial charge in [0, 0.05) is 115 Å². The summed E-state index contributed by atoms with van der Waals surface area (Å²) >= 11 is 0. The van der Waals surface area contributed by atoms with E-state index in [2.05, 4.69) is 476 Å². The summed E-state index contributed by atoms with van der Waals surface area (Å²) in [7, 11) is 0. The molecule has 0 aliphatic carbocycles. The van der Waals surface area contributed by atoms with Crippen molar-refractivity contribution in [3.8, 4) is 89.8 Å². The first-order valence-electron chi connectivity index (χ1n) is 43.5. The van der Waals surface area contributed by atoms with E-state index in [4.69, 9.17) is 0 Å². The van der Waals surface area contributed by atoms with Crippen molar-refractivity contribution in [3.05, 3.63) is 449 Å². The van der Waals surface area contributed by atoms with Gasteiger partial charge in [0.15, 0.2) is 0 Å². The van der Waals surface area contributed by atoms with E-state index >= 15 is 0 Å². The fourth-order valence-corrected chi connectivity index (χ4v) is 21.9. The zero-order valence-electron chi connectivity index (χ0n) is 68.4. The first-order valence-corrected chi connectivity index (χ1v) is 43.5. The second-order valence-electron chi connectivity index (χ2n) is 33.7. The maximum atomic E-state index is 2.59. The number of nitrogens with zero attached hydrogens (tertiary/aromatic N) is 6. The summed E-state index contributed by atoms with van der Waals surface area (Å²) in [5.74, 6) is 0. The lowest BCUT2D eigenvalue weighted by Crippen LogP contribution is -1.98. The van der Waals surface area contributed by atoms with Crippen LogP contribution in [-0.4, -0.2) is 27.4 Å². The Labute approximate surface area is 724 Å². The highest BCUT2D eigenvalue weighted by molar-refractivity contribution is 6.29. The predicted octanol–water partition coefficient (Wildman–Crippen LogP) is 32.1. The molecule has 0 unspecified atom stereocenters. The van der Waals surface area contributed by atoms with E-state index in [1.165, 1.54) is 164 Å². The van der Waals surface area contributed by atoms with Crippen LogP contribution in [0.25, 0.3) is 253 Å². The van der Waals surface area contributed by atoms with E-state index in [-0.39, 0.29) is 0 Å².